The van der Waals surface area contributed by atoms with Crippen LogP contribution in [0.3, 0.4) is 0 Å². The normalized spacial score (nSPS) is 27.3. The third-order valence-electron chi connectivity index (χ3n) is 2.52. The first-order valence-electron chi connectivity index (χ1n) is 5.11. The summed E-state index contributed by atoms with van der Waals surface area (Å²) in [6.07, 6.45) is 2.71. The van der Waals surface area contributed by atoms with Gasteiger partial charge in [0.25, 0.3) is 0 Å². The minimum atomic E-state index is -2.82. The predicted molar refractivity (Wildman–Crippen MR) is 55.9 cm³/mol. The van der Waals surface area contributed by atoms with Crippen LogP contribution < -0.4 is 5.73 Å². The molecule has 1 rings (SSSR count). The third-order valence-corrected chi connectivity index (χ3v) is 4.31. The van der Waals surface area contributed by atoms with Gasteiger partial charge in [-0.2, -0.15) is 0 Å². The van der Waals surface area contributed by atoms with Gasteiger partial charge in [0.2, 0.25) is 0 Å². The van der Waals surface area contributed by atoms with Crippen LogP contribution in [0.2, 0.25) is 0 Å². The number of hydrogen-bond acceptors (Lipinski definition) is 4. The maximum atomic E-state index is 11.1. The lowest BCUT2D eigenvalue weighted by Crippen LogP contribution is -2.41. The van der Waals surface area contributed by atoms with Crippen molar-refractivity contribution in [1.29, 1.82) is 0 Å². The van der Waals surface area contributed by atoms with Gasteiger partial charge in [0.1, 0.15) is 9.84 Å². The summed E-state index contributed by atoms with van der Waals surface area (Å²) in [6, 6.07) is 0.291. The van der Waals surface area contributed by atoms with Crippen LogP contribution >= 0.6 is 0 Å². The molecule has 1 fully saturated rings. The molecule has 14 heavy (non-hydrogen) atoms. The van der Waals surface area contributed by atoms with E-state index in [1.807, 2.05) is 0 Å². The highest BCUT2D eigenvalue weighted by Crippen LogP contribution is 2.21. The molecule has 0 unspecified atom stereocenters. The molecule has 0 atom stereocenters. The zero-order valence-electron chi connectivity index (χ0n) is 8.61. The second-order valence-electron chi connectivity index (χ2n) is 3.81. The molecular weight excluding hydrogens is 202 g/mol. The second-order valence-corrected chi connectivity index (χ2v) is 6.29. The molecule has 1 aliphatic rings. The molecule has 0 spiro atoms. The Morgan fingerprint density at radius 2 is 2.07 bits per heavy atom. The maximum Gasteiger partial charge on any atom is 0.150 e. The van der Waals surface area contributed by atoms with Gasteiger partial charge in [0.15, 0.2) is 0 Å². The number of nitrogens with two attached hydrogens (primary N) is 1. The standard InChI is InChI=1S/C9H19NO3S/c1-2-14(11,12)5-3-4-13-9-6-8(10)7-9/h8-9H,2-7,10H2,1H3. The van der Waals surface area contributed by atoms with Crippen LogP contribution in [-0.4, -0.2) is 38.7 Å². The monoisotopic (exact) mass is 221 g/mol. The van der Waals surface area contributed by atoms with Crippen LogP contribution in [0.5, 0.6) is 0 Å². The quantitative estimate of drug-likeness (QED) is 0.656. The molecule has 0 radical (unpaired) electrons. The largest absolute Gasteiger partial charge is 0.378 e. The van der Waals surface area contributed by atoms with E-state index in [0.29, 0.717) is 19.1 Å². The fourth-order valence-electron chi connectivity index (χ4n) is 1.42. The second kappa shape index (κ2) is 5.09. The summed E-state index contributed by atoms with van der Waals surface area (Å²) >= 11 is 0. The van der Waals surface area contributed by atoms with Crippen LogP contribution in [0, 0.1) is 0 Å². The fraction of sp³-hybridized carbons (Fsp3) is 1.00. The first kappa shape index (κ1) is 11.9. The number of sulfone groups is 1. The van der Waals surface area contributed by atoms with Crippen molar-refractivity contribution in [3.8, 4) is 0 Å². The average molecular weight is 221 g/mol. The molecular formula is C9H19NO3S. The highest BCUT2D eigenvalue weighted by molar-refractivity contribution is 7.91. The van der Waals surface area contributed by atoms with Crippen LogP contribution in [0.15, 0.2) is 0 Å². The lowest BCUT2D eigenvalue weighted by Gasteiger charge is -2.32. The Morgan fingerprint density at radius 1 is 1.43 bits per heavy atom. The summed E-state index contributed by atoms with van der Waals surface area (Å²) in [7, 11) is -2.82. The summed E-state index contributed by atoms with van der Waals surface area (Å²) < 4.78 is 27.7. The van der Waals surface area contributed by atoms with E-state index in [0.717, 1.165) is 12.8 Å². The number of hydrogen-bond donors (Lipinski definition) is 1. The molecule has 5 heteroatoms. The van der Waals surface area contributed by atoms with Gasteiger partial charge < -0.3 is 10.5 Å². The van der Waals surface area contributed by atoms with Gasteiger partial charge in [0, 0.05) is 18.4 Å². The van der Waals surface area contributed by atoms with Crippen molar-refractivity contribution in [2.45, 2.75) is 38.3 Å². The van der Waals surface area contributed by atoms with Gasteiger partial charge in [0.05, 0.1) is 11.9 Å². The Morgan fingerprint density at radius 3 is 2.57 bits per heavy atom. The van der Waals surface area contributed by atoms with Crippen molar-refractivity contribution in [2.24, 2.45) is 5.73 Å². The summed E-state index contributed by atoms with van der Waals surface area (Å²) in [5.41, 5.74) is 5.59. The van der Waals surface area contributed by atoms with Crippen molar-refractivity contribution >= 4 is 9.84 Å². The van der Waals surface area contributed by atoms with Gasteiger partial charge in [-0.3, -0.25) is 0 Å². The van der Waals surface area contributed by atoms with E-state index in [-0.39, 0.29) is 17.6 Å². The van der Waals surface area contributed by atoms with E-state index >= 15 is 0 Å². The van der Waals surface area contributed by atoms with E-state index in [4.69, 9.17) is 10.5 Å². The minimum absolute atomic E-state index is 0.224. The molecule has 2 N–H and O–H groups in total. The summed E-state index contributed by atoms with van der Waals surface area (Å²) in [5, 5.41) is 0. The lowest BCUT2D eigenvalue weighted by atomic mass is 9.90. The van der Waals surface area contributed by atoms with Crippen LogP contribution in [0.25, 0.3) is 0 Å². The minimum Gasteiger partial charge on any atom is -0.378 e. The van der Waals surface area contributed by atoms with Crippen LogP contribution in [0.4, 0.5) is 0 Å². The Bertz CT molecular complexity index is 257. The first-order valence-corrected chi connectivity index (χ1v) is 6.93. The molecule has 0 aromatic carbocycles. The Balaban J connectivity index is 2.00. The predicted octanol–water partition coefficient (Wildman–Crippen LogP) is 0.318. The van der Waals surface area contributed by atoms with Gasteiger partial charge in [-0.25, -0.2) is 8.42 Å². The SMILES string of the molecule is CCS(=O)(=O)CCCOC1CC(N)C1. The van der Waals surface area contributed by atoms with Crippen molar-refractivity contribution in [1.82, 2.24) is 0 Å². The maximum absolute atomic E-state index is 11.1. The Kier molecular flexibility index (Phi) is 4.34. The van der Waals surface area contributed by atoms with Gasteiger partial charge >= 0.3 is 0 Å². The Labute approximate surface area is 85.7 Å². The van der Waals surface area contributed by atoms with Gasteiger partial charge in [-0.1, -0.05) is 6.92 Å². The van der Waals surface area contributed by atoms with Crippen molar-refractivity contribution in [3.05, 3.63) is 0 Å². The number of rotatable bonds is 6. The molecule has 0 saturated heterocycles. The fourth-order valence-corrected chi connectivity index (χ4v) is 2.26. The number of ether oxygens (including phenoxy) is 1. The van der Waals surface area contributed by atoms with Crippen molar-refractivity contribution in [3.63, 3.8) is 0 Å². The molecule has 0 bridgehead atoms. The van der Waals surface area contributed by atoms with Gasteiger partial charge in [-0.15, -0.1) is 0 Å². The van der Waals surface area contributed by atoms with Crippen LogP contribution in [-0.2, 0) is 14.6 Å². The van der Waals surface area contributed by atoms with Crippen molar-refractivity contribution in [2.75, 3.05) is 18.1 Å². The molecule has 0 aliphatic heterocycles. The van der Waals surface area contributed by atoms with Crippen LogP contribution in [0.1, 0.15) is 26.2 Å². The molecule has 84 valence electrons. The van der Waals surface area contributed by atoms with E-state index in [2.05, 4.69) is 0 Å². The smallest absolute Gasteiger partial charge is 0.150 e. The van der Waals surface area contributed by atoms with E-state index < -0.39 is 9.84 Å². The molecule has 0 amide bonds. The Hall–Kier alpha value is -0.130. The summed E-state index contributed by atoms with van der Waals surface area (Å²) in [4.78, 5) is 0. The molecule has 1 saturated carbocycles. The third kappa shape index (κ3) is 3.94. The lowest BCUT2D eigenvalue weighted by molar-refractivity contribution is -0.00758. The van der Waals surface area contributed by atoms with E-state index in [1.54, 1.807) is 6.92 Å². The molecule has 0 heterocycles. The zero-order chi connectivity index (χ0) is 10.6. The topological polar surface area (TPSA) is 69.4 Å². The average Bonchev–Trinajstić information content (AvgIpc) is 2.09. The summed E-state index contributed by atoms with van der Waals surface area (Å²) in [6.45, 7) is 2.21. The van der Waals surface area contributed by atoms with Gasteiger partial charge in [-0.05, 0) is 19.3 Å². The van der Waals surface area contributed by atoms with E-state index in [9.17, 15) is 8.42 Å². The molecule has 4 nitrogen and oxygen atoms in total. The summed E-state index contributed by atoms with van der Waals surface area (Å²) in [5.74, 6) is 0.462. The molecule has 0 aromatic heterocycles. The highest BCUT2D eigenvalue weighted by atomic mass is 32.2. The van der Waals surface area contributed by atoms with E-state index in [1.165, 1.54) is 0 Å². The first-order chi connectivity index (χ1) is 6.53. The molecule has 0 aromatic rings. The van der Waals surface area contributed by atoms with Crippen molar-refractivity contribution < 1.29 is 13.2 Å². The zero-order valence-corrected chi connectivity index (χ0v) is 9.42. The highest BCUT2D eigenvalue weighted by Gasteiger charge is 2.26. The molecule has 1 aliphatic carbocycles.